The van der Waals surface area contributed by atoms with Crippen molar-refractivity contribution in [3.63, 3.8) is 0 Å². The van der Waals surface area contributed by atoms with Crippen LogP contribution in [-0.2, 0) is 4.74 Å². The number of rotatable bonds is 3. The van der Waals surface area contributed by atoms with Crippen LogP contribution in [0.25, 0.3) is 0 Å². The van der Waals surface area contributed by atoms with E-state index in [4.69, 9.17) is 4.74 Å². The molecule has 0 amide bonds. The van der Waals surface area contributed by atoms with Crippen LogP contribution < -0.4 is 5.56 Å². The molecule has 0 aliphatic carbocycles. The number of H-pyrrole nitrogens is 2. The van der Waals surface area contributed by atoms with E-state index in [1.54, 1.807) is 6.92 Å². The van der Waals surface area contributed by atoms with Gasteiger partial charge in [0.05, 0.1) is 6.10 Å². The molecule has 1 atom stereocenters. The van der Waals surface area contributed by atoms with Gasteiger partial charge >= 0.3 is 5.97 Å². The molecule has 1 rings (SSSR count). The second-order valence-electron chi connectivity index (χ2n) is 2.80. The Morgan fingerprint density at radius 2 is 2.31 bits per heavy atom. The summed E-state index contributed by atoms with van der Waals surface area (Å²) in [5.74, 6) is -0.507. The number of ether oxygens (including phenoxy) is 1. The maximum atomic E-state index is 11.2. The fourth-order valence-electron chi connectivity index (χ4n) is 0.772. The van der Waals surface area contributed by atoms with E-state index in [1.807, 2.05) is 6.92 Å². The Bertz CT molecular complexity index is 339. The number of hydrogen-bond donors (Lipinski definition) is 2. The molecule has 0 bridgehead atoms. The third-order valence-electron chi connectivity index (χ3n) is 1.70. The molecule has 0 aliphatic heterocycles. The first kappa shape index (κ1) is 9.57. The van der Waals surface area contributed by atoms with Crippen LogP contribution in [0.1, 0.15) is 30.8 Å². The molecule has 0 spiro atoms. The summed E-state index contributed by atoms with van der Waals surface area (Å²) in [6, 6.07) is 1.17. The number of carbonyl (C=O) groups excluding carboxylic acids is 1. The summed E-state index contributed by atoms with van der Waals surface area (Å²) in [4.78, 5) is 21.9. The molecular weight excluding hydrogens is 172 g/mol. The quantitative estimate of drug-likeness (QED) is 0.677. The Morgan fingerprint density at radius 3 is 2.77 bits per heavy atom. The van der Waals surface area contributed by atoms with E-state index in [0.29, 0.717) is 0 Å². The largest absolute Gasteiger partial charge is 0.458 e. The second kappa shape index (κ2) is 3.93. The molecule has 0 aliphatic rings. The molecule has 1 aromatic rings. The zero-order valence-corrected chi connectivity index (χ0v) is 7.59. The Kier molecular flexibility index (Phi) is 2.89. The van der Waals surface area contributed by atoms with Crippen LogP contribution in [0.5, 0.6) is 0 Å². The van der Waals surface area contributed by atoms with Crippen molar-refractivity contribution in [2.45, 2.75) is 26.4 Å². The van der Waals surface area contributed by atoms with Gasteiger partial charge in [-0.05, 0) is 13.3 Å². The Labute approximate surface area is 75.1 Å². The van der Waals surface area contributed by atoms with Crippen LogP contribution in [0, 0.1) is 0 Å². The molecule has 5 heteroatoms. The fourth-order valence-corrected chi connectivity index (χ4v) is 0.772. The number of esters is 1. The first-order valence-corrected chi connectivity index (χ1v) is 4.12. The molecule has 0 saturated heterocycles. The van der Waals surface area contributed by atoms with E-state index < -0.39 is 5.97 Å². The van der Waals surface area contributed by atoms with Gasteiger partial charge in [0, 0.05) is 6.07 Å². The SMILES string of the molecule is CCC(C)OC(=O)c1cc(=O)[nH][nH]1. The lowest BCUT2D eigenvalue weighted by Crippen LogP contribution is -2.14. The Hall–Kier alpha value is -1.52. The van der Waals surface area contributed by atoms with Gasteiger partial charge in [0.15, 0.2) is 0 Å². The summed E-state index contributed by atoms with van der Waals surface area (Å²) in [7, 11) is 0. The maximum Gasteiger partial charge on any atom is 0.356 e. The van der Waals surface area contributed by atoms with Gasteiger partial charge in [-0.15, -0.1) is 0 Å². The summed E-state index contributed by atoms with van der Waals surface area (Å²) in [5.41, 5.74) is -0.179. The Morgan fingerprint density at radius 1 is 1.62 bits per heavy atom. The predicted molar refractivity (Wildman–Crippen MR) is 46.6 cm³/mol. The number of aromatic amines is 2. The molecule has 0 fully saturated rings. The van der Waals surface area contributed by atoms with Crippen molar-refractivity contribution in [1.82, 2.24) is 10.2 Å². The van der Waals surface area contributed by atoms with Crippen molar-refractivity contribution in [1.29, 1.82) is 0 Å². The van der Waals surface area contributed by atoms with E-state index in [1.165, 1.54) is 6.07 Å². The van der Waals surface area contributed by atoms with Crippen molar-refractivity contribution >= 4 is 5.97 Å². The van der Waals surface area contributed by atoms with Crippen LogP contribution >= 0.6 is 0 Å². The molecule has 5 nitrogen and oxygen atoms in total. The smallest absolute Gasteiger partial charge is 0.356 e. The predicted octanol–water partition coefficient (Wildman–Crippen LogP) is 0.658. The van der Waals surface area contributed by atoms with Crippen molar-refractivity contribution in [3.8, 4) is 0 Å². The fraction of sp³-hybridized carbons (Fsp3) is 0.500. The molecule has 1 heterocycles. The number of aromatic nitrogens is 2. The molecule has 72 valence electrons. The third kappa shape index (κ3) is 2.47. The molecule has 0 aromatic carbocycles. The standard InChI is InChI=1S/C8H12N2O3/c1-3-5(2)13-8(12)6-4-7(11)10-9-6/h4-5H,3H2,1-2H3,(H2,9,10,11). The van der Waals surface area contributed by atoms with Crippen molar-refractivity contribution in [2.24, 2.45) is 0 Å². The van der Waals surface area contributed by atoms with Gasteiger partial charge in [-0.3, -0.25) is 15.0 Å². The minimum Gasteiger partial charge on any atom is -0.458 e. The molecule has 13 heavy (non-hydrogen) atoms. The lowest BCUT2D eigenvalue weighted by molar-refractivity contribution is 0.0327. The number of carbonyl (C=O) groups is 1. The van der Waals surface area contributed by atoms with E-state index in [0.717, 1.165) is 6.42 Å². The van der Waals surface area contributed by atoms with Gasteiger partial charge in [-0.25, -0.2) is 4.79 Å². The number of hydrogen-bond acceptors (Lipinski definition) is 3. The molecule has 2 N–H and O–H groups in total. The minimum atomic E-state index is -0.507. The van der Waals surface area contributed by atoms with Crippen LogP contribution in [0.15, 0.2) is 10.9 Å². The zero-order chi connectivity index (χ0) is 9.84. The zero-order valence-electron chi connectivity index (χ0n) is 7.59. The van der Waals surface area contributed by atoms with Crippen LogP contribution in [0.2, 0.25) is 0 Å². The normalized spacial score (nSPS) is 12.5. The molecular formula is C8H12N2O3. The molecule has 0 saturated carbocycles. The van der Waals surface area contributed by atoms with Gasteiger partial charge in [-0.1, -0.05) is 6.92 Å². The van der Waals surface area contributed by atoms with E-state index in [-0.39, 0.29) is 17.4 Å². The third-order valence-corrected chi connectivity index (χ3v) is 1.70. The Balaban J connectivity index is 2.64. The highest BCUT2D eigenvalue weighted by Gasteiger charge is 2.12. The lowest BCUT2D eigenvalue weighted by Gasteiger charge is -2.08. The summed E-state index contributed by atoms with van der Waals surface area (Å²) >= 11 is 0. The summed E-state index contributed by atoms with van der Waals surface area (Å²) in [5, 5.41) is 4.68. The van der Waals surface area contributed by atoms with Crippen LogP contribution in [0.4, 0.5) is 0 Å². The average molecular weight is 184 g/mol. The topological polar surface area (TPSA) is 75.0 Å². The molecule has 0 radical (unpaired) electrons. The van der Waals surface area contributed by atoms with Gasteiger partial charge in [0.25, 0.3) is 5.56 Å². The average Bonchev–Trinajstić information content (AvgIpc) is 2.51. The highest BCUT2D eigenvalue weighted by Crippen LogP contribution is 2.00. The highest BCUT2D eigenvalue weighted by atomic mass is 16.5. The lowest BCUT2D eigenvalue weighted by atomic mass is 10.3. The van der Waals surface area contributed by atoms with Crippen LogP contribution in [0.3, 0.4) is 0 Å². The van der Waals surface area contributed by atoms with Gasteiger partial charge in [0.1, 0.15) is 5.69 Å². The summed E-state index contributed by atoms with van der Waals surface area (Å²) in [6.45, 7) is 3.71. The van der Waals surface area contributed by atoms with Gasteiger partial charge < -0.3 is 4.74 Å². The summed E-state index contributed by atoms with van der Waals surface area (Å²) in [6.07, 6.45) is 0.617. The maximum absolute atomic E-state index is 11.2. The monoisotopic (exact) mass is 184 g/mol. The van der Waals surface area contributed by atoms with Crippen molar-refractivity contribution < 1.29 is 9.53 Å². The van der Waals surface area contributed by atoms with E-state index in [2.05, 4.69) is 10.2 Å². The van der Waals surface area contributed by atoms with Gasteiger partial charge in [0.2, 0.25) is 0 Å². The van der Waals surface area contributed by atoms with Crippen molar-refractivity contribution in [3.05, 3.63) is 22.1 Å². The number of nitrogens with one attached hydrogen (secondary N) is 2. The first-order valence-electron chi connectivity index (χ1n) is 4.12. The minimum absolute atomic E-state index is 0.133. The van der Waals surface area contributed by atoms with Crippen LogP contribution in [-0.4, -0.2) is 22.3 Å². The summed E-state index contributed by atoms with van der Waals surface area (Å²) < 4.78 is 4.97. The first-order chi connectivity index (χ1) is 6.13. The van der Waals surface area contributed by atoms with Gasteiger partial charge in [-0.2, -0.15) is 0 Å². The molecule has 1 aromatic heterocycles. The van der Waals surface area contributed by atoms with E-state index >= 15 is 0 Å². The van der Waals surface area contributed by atoms with Crippen molar-refractivity contribution in [2.75, 3.05) is 0 Å². The molecule has 1 unspecified atom stereocenters. The van der Waals surface area contributed by atoms with E-state index in [9.17, 15) is 9.59 Å². The highest BCUT2D eigenvalue weighted by molar-refractivity contribution is 5.87. The second-order valence-corrected chi connectivity index (χ2v) is 2.80.